The second-order valence-corrected chi connectivity index (χ2v) is 10.4. The molecule has 226 valence electrons. The number of alkyl halides is 2. The first-order valence-electron chi connectivity index (χ1n) is 14.3. The molecule has 0 spiro atoms. The zero-order chi connectivity index (χ0) is 29.9. The number of hydrogen-bond acceptors (Lipinski definition) is 6. The lowest BCUT2D eigenvalue weighted by Crippen LogP contribution is -2.69. The van der Waals surface area contributed by atoms with Crippen LogP contribution in [0.2, 0.25) is 0 Å². The van der Waals surface area contributed by atoms with E-state index in [-0.39, 0.29) is 33.0 Å². The van der Waals surface area contributed by atoms with Gasteiger partial charge in [-0.05, 0) is 22.3 Å². The van der Waals surface area contributed by atoms with Crippen LogP contribution in [0, 0.1) is 0 Å². The number of aliphatic hydroxyl groups is 1. The summed E-state index contributed by atoms with van der Waals surface area (Å²) >= 11 is 0. The van der Waals surface area contributed by atoms with Crippen molar-refractivity contribution >= 4 is 0 Å². The molecule has 6 nitrogen and oxygen atoms in total. The number of hydrogen-bond donors (Lipinski definition) is 1. The van der Waals surface area contributed by atoms with Crippen molar-refractivity contribution in [3.05, 3.63) is 144 Å². The molecule has 1 aliphatic heterocycles. The molecule has 1 saturated heterocycles. The fraction of sp³-hybridized carbons (Fsp3) is 0.314. The summed E-state index contributed by atoms with van der Waals surface area (Å²) in [5, 5.41) is 11.5. The Morgan fingerprint density at radius 3 is 1.42 bits per heavy atom. The van der Waals surface area contributed by atoms with E-state index < -0.39 is 36.6 Å². The molecular formula is C35H36F2O6. The van der Waals surface area contributed by atoms with Crippen molar-refractivity contribution in [2.75, 3.05) is 6.61 Å². The van der Waals surface area contributed by atoms with Gasteiger partial charge in [-0.25, -0.2) is 8.78 Å². The topological polar surface area (TPSA) is 66.4 Å². The van der Waals surface area contributed by atoms with E-state index in [1.54, 1.807) is 0 Å². The molecule has 1 fully saturated rings. The van der Waals surface area contributed by atoms with Crippen molar-refractivity contribution in [1.29, 1.82) is 0 Å². The van der Waals surface area contributed by atoms with E-state index in [1.807, 2.05) is 121 Å². The zero-order valence-corrected chi connectivity index (χ0v) is 23.7. The van der Waals surface area contributed by atoms with E-state index in [0.29, 0.717) is 0 Å². The second-order valence-electron chi connectivity index (χ2n) is 10.4. The molecule has 4 aromatic rings. The molecule has 0 radical (unpaired) electrons. The average molecular weight is 591 g/mol. The molecule has 5 atom stereocenters. The largest absolute Gasteiger partial charge is 0.374 e. The lowest BCUT2D eigenvalue weighted by Gasteiger charge is -2.49. The van der Waals surface area contributed by atoms with Gasteiger partial charge in [-0.3, -0.25) is 0 Å². The summed E-state index contributed by atoms with van der Waals surface area (Å²) < 4.78 is 60.0. The van der Waals surface area contributed by atoms with Gasteiger partial charge in [0.05, 0.1) is 33.0 Å². The number of rotatable bonds is 14. The third kappa shape index (κ3) is 8.32. The molecular weight excluding hydrogens is 554 g/mol. The van der Waals surface area contributed by atoms with Gasteiger partial charge in [0.25, 0.3) is 12.2 Å². The smallest absolute Gasteiger partial charge is 0.294 e. The molecule has 1 heterocycles. The third-order valence-corrected chi connectivity index (χ3v) is 7.29. The van der Waals surface area contributed by atoms with Gasteiger partial charge in [-0.1, -0.05) is 121 Å². The monoisotopic (exact) mass is 590 g/mol. The Morgan fingerprint density at radius 1 is 0.581 bits per heavy atom. The summed E-state index contributed by atoms with van der Waals surface area (Å²) in [6.07, 6.45) is -8.03. The quantitative estimate of drug-likeness (QED) is 0.186. The lowest BCUT2D eigenvalue weighted by atomic mass is 9.91. The van der Waals surface area contributed by atoms with Crippen LogP contribution in [0.5, 0.6) is 0 Å². The van der Waals surface area contributed by atoms with E-state index >= 15 is 0 Å². The van der Waals surface area contributed by atoms with E-state index in [4.69, 9.17) is 23.7 Å². The van der Waals surface area contributed by atoms with E-state index in [0.717, 1.165) is 22.3 Å². The highest BCUT2D eigenvalue weighted by atomic mass is 19.3. The van der Waals surface area contributed by atoms with Crippen LogP contribution in [0.3, 0.4) is 0 Å². The number of halogens is 2. The summed E-state index contributed by atoms with van der Waals surface area (Å²) in [5.74, 6) is -2.98. The van der Waals surface area contributed by atoms with Crippen LogP contribution in [-0.2, 0) is 50.1 Å². The van der Waals surface area contributed by atoms with Crippen molar-refractivity contribution in [2.24, 2.45) is 0 Å². The van der Waals surface area contributed by atoms with Gasteiger partial charge in [-0.15, -0.1) is 0 Å². The van der Waals surface area contributed by atoms with Gasteiger partial charge >= 0.3 is 0 Å². The molecule has 43 heavy (non-hydrogen) atoms. The van der Waals surface area contributed by atoms with Crippen molar-refractivity contribution in [3.8, 4) is 0 Å². The molecule has 5 rings (SSSR count). The highest BCUT2D eigenvalue weighted by Gasteiger charge is 2.61. The highest BCUT2D eigenvalue weighted by molar-refractivity contribution is 5.17. The molecule has 0 aliphatic carbocycles. The van der Waals surface area contributed by atoms with Gasteiger partial charge in [-0.2, -0.15) is 0 Å². The first-order valence-corrected chi connectivity index (χ1v) is 14.3. The maximum Gasteiger partial charge on any atom is 0.294 e. The average Bonchev–Trinajstić information content (AvgIpc) is 3.04. The first kappa shape index (κ1) is 30.9. The van der Waals surface area contributed by atoms with Gasteiger partial charge in [0.2, 0.25) is 0 Å². The molecule has 0 unspecified atom stereocenters. The Bertz CT molecular complexity index is 1350. The van der Waals surface area contributed by atoms with Crippen molar-refractivity contribution in [3.63, 3.8) is 0 Å². The van der Waals surface area contributed by atoms with Gasteiger partial charge in [0.1, 0.15) is 24.4 Å². The van der Waals surface area contributed by atoms with E-state index in [1.165, 1.54) is 0 Å². The van der Waals surface area contributed by atoms with Crippen molar-refractivity contribution in [2.45, 2.75) is 63.1 Å². The van der Waals surface area contributed by atoms with Gasteiger partial charge in [0, 0.05) is 0 Å². The zero-order valence-electron chi connectivity index (χ0n) is 23.7. The number of benzene rings is 4. The highest BCUT2D eigenvalue weighted by Crippen LogP contribution is 2.39. The first-order chi connectivity index (χ1) is 21.0. The van der Waals surface area contributed by atoms with E-state index in [9.17, 15) is 13.9 Å². The predicted octanol–water partition coefficient (Wildman–Crippen LogP) is 6.31. The molecule has 0 aromatic heterocycles. The molecule has 0 bridgehead atoms. The Morgan fingerprint density at radius 2 is 0.977 bits per heavy atom. The Kier molecular flexibility index (Phi) is 11.0. The molecule has 4 aromatic carbocycles. The minimum Gasteiger partial charge on any atom is -0.374 e. The molecule has 0 amide bonds. The number of ether oxygens (including phenoxy) is 5. The minimum atomic E-state index is -3.30. The van der Waals surface area contributed by atoms with Crippen LogP contribution in [0.15, 0.2) is 121 Å². The molecule has 0 saturated carbocycles. The Labute approximate surface area is 250 Å². The van der Waals surface area contributed by atoms with Crippen LogP contribution in [-0.4, -0.2) is 48.3 Å². The normalized spacial score (nSPS) is 23.8. The van der Waals surface area contributed by atoms with E-state index in [2.05, 4.69) is 0 Å². The van der Waals surface area contributed by atoms with Gasteiger partial charge < -0.3 is 28.8 Å². The van der Waals surface area contributed by atoms with Crippen LogP contribution >= 0.6 is 0 Å². The summed E-state index contributed by atoms with van der Waals surface area (Å²) in [5.41, 5.74) is 3.36. The Balaban J connectivity index is 1.45. The molecule has 8 heteroatoms. The predicted molar refractivity (Wildman–Crippen MR) is 157 cm³/mol. The molecule has 1 aliphatic rings. The summed E-state index contributed by atoms with van der Waals surface area (Å²) in [6, 6.07) is 37.5. The maximum absolute atomic E-state index is 14.8. The second kappa shape index (κ2) is 15.3. The summed E-state index contributed by atoms with van der Waals surface area (Å²) in [4.78, 5) is 0. The van der Waals surface area contributed by atoms with Crippen molar-refractivity contribution < 1.29 is 37.6 Å². The van der Waals surface area contributed by atoms with Gasteiger partial charge in [0.15, 0.2) is 0 Å². The SMILES string of the molecule is O[C@@]1(C(F)F)O[C@H](COCc2ccccc2)[C@@H](OCc2ccccc2)[C@H](OCc2ccccc2)[C@H]1OCc1ccccc1. The third-order valence-electron chi connectivity index (χ3n) is 7.29. The van der Waals surface area contributed by atoms with Crippen LogP contribution in [0.4, 0.5) is 8.78 Å². The Hall–Kier alpha value is -3.50. The summed E-state index contributed by atoms with van der Waals surface area (Å²) in [6.45, 7) is 0.297. The maximum atomic E-state index is 14.8. The fourth-order valence-corrected chi connectivity index (χ4v) is 5.06. The lowest BCUT2D eigenvalue weighted by molar-refractivity contribution is -0.399. The summed E-state index contributed by atoms with van der Waals surface area (Å²) in [7, 11) is 0. The fourth-order valence-electron chi connectivity index (χ4n) is 5.06. The standard InChI is InChI=1S/C35H36F2O6/c36-34(37)35(38)33(42-24-29-19-11-4-12-20-29)32(41-23-28-17-9-3-10-18-28)31(40-22-27-15-7-2-8-16-27)30(43-35)25-39-21-26-13-5-1-6-14-26/h1-20,30-34,38H,21-25H2/t30-,31-,32+,33-,35-/m1/s1. The van der Waals surface area contributed by atoms with Crippen LogP contribution in [0.1, 0.15) is 22.3 Å². The van der Waals surface area contributed by atoms with Crippen molar-refractivity contribution in [1.82, 2.24) is 0 Å². The molecule has 1 N–H and O–H groups in total. The van der Waals surface area contributed by atoms with Crippen LogP contribution in [0.25, 0.3) is 0 Å². The van der Waals surface area contributed by atoms with Crippen LogP contribution < -0.4 is 0 Å². The minimum absolute atomic E-state index is 0.0460.